The first-order chi connectivity index (χ1) is 8.72. The van der Waals surface area contributed by atoms with E-state index in [0.717, 1.165) is 25.1 Å². The van der Waals surface area contributed by atoms with Gasteiger partial charge in [0.25, 0.3) is 0 Å². The van der Waals surface area contributed by atoms with Gasteiger partial charge in [-0.15, -0.1) is 0 Å². The molecule has 0 saturated heterocycles. The molecule has 0 amide bonds. The van der Waals surface area contributed by atoms with E-state index in [1.54, 1.807) is 0 Å². The first-order valence-electron chi connectivity index (χ1n) is 7.17. The summed E-state index contributed by atoms with van der Waals surface area (Å²) in [5.74, 6) is 0.969. The predicted molar refractivity (Wildman–Crippen MR) is 78.1 cm³/mol. The zero-order valence-electron chi connectivity index (χ0n) is 12.0. The Labute approximate surface area is 112 Å². The minimum atomic E-state index is 0.280. The summed E-state index contributed by atoms with van der Waals surface area (Å²) in [5, 5.41) is 3.55. The van der Waals surface area contributed by atoms with Gasteiger partial charge in [0.05, 0.1) is 6.10 Å². The van der Waals surface area contributed by atoms with Gasteiger partial charge in [-0.25, -0.2) is 0 Å². The third-order valence-electron chi connectivity index (χ3n) is 3.11. The van der Waals surface area contributed by atoms with Crippen LogP contribution in [-0.2, 0) is 0 Å². The zero-order valence-corrected chi connectivity index (χ0v) is 12.0. The molecule has 2 atom stereocenters. The van der Waals surface area contributed by atoms with E-state index in [9.17, 15) is 0 Å². The van der Waals surface area contributed by atoms with Crippen molar-refractivity contribution < 1.29 is 4.74 Å². The number of hydrogen-bond donors (Lipinski definition) is 1. The molecule has 1 aromatic carbocycles. The topological polar surface area (TPSA) is 21.3 Å². The fourth-order valence-electron chi connectivity index (χ4n) is 1.90. The lowest BCUT2D eigenvalue weighted by molar-refractivity contribution is 0.202. The third-order valence-corrected chi connectivity index (χ3v) is 3.11. The first kappa shape index (κ1) is 15.0. The van der Waals surface area contributed by atoms with Crippen molar-refractivity contribution in [3.05, 3.63) is 30.3 Å². The lowest BCUT2D eigenvalue weighted by Gasteiger charge is -2.18. The number of unbranched alkanes of at least 4 members (excludes halogenated alkanes) is 1. The molecule has 0 aliphatic heterocycles. The van der Waals surface area contributed by atoms with Crippen molar-refractivity contribution in [1.29, 1.82) is 0 Å². The van der Waals surface area contributed by atoms with Crippen LogP contribution in [0.1, 0.15) is 46.5 Å². The van der Waals surface area contributed by atoms with E-state index in [2.05, 4.69) is 26.1 Å². The van der Waals surface area contributed by atoms with Crippen molar-refractivity contribution in [2.75, 3.05) is 6.54 Å². The fourth-order valence-corrected chi connectivity index (χ4v) is 1.90. The van der Waals surface area contributed by atoms with Crippen molar-refractivity contribution in [3.8, 4) is 5.75 Å². The van der Waals surface area contributed by atoms with Crippen LogP contribution in [0.3, 0.4) is 0 Å². The van der Waals surface area contributed by atoms with Gasteiger partial charge in [0.1, 0.15) is 5.75 Å². The molecule has 0 radical (unpaired) electrons. The molecule has 1 N–H and O–H groups in total. The van der Waals surface area contributed by atoms with Crippen LogP contribution in [0, 0.1) is 0 Å². The fraction of sp³-hybridized carbons (Fsp3) is 0.625. The van der Waals surface area contributed by atoms with E-state index in [0.29, 0.717) is 6.04 Å². The van der Waals surface area contributed by atoms with E-state index in [1.165, 1.54) is 12.8 Å². The summed E-state index contributed by atoms with van der Waals surface area (Å²) in [6.07, 6.45) is 5.06. The molecule has 0 aliphatic carbocycles. The van der Waals surface area contributed by atoms with Crippen molar-refractivity contribution in [2.45, 2.75) is 58.6 Å². The van der Waals surface area contributed by atoms with Gasteiger partial charge in [0, 0.05) is 6.04 Å². The molecule has 102 valence electrons. The second-order valence-corrected chi connectivity index (χ2v) is 5.03. The summed E-state index contributed by atoms with van der Waals surface area (Å²) in [5.41, 5.74) is 0. The summed E-state index contributed by atoms with van der Waals surface area (Å²) < 4.78 is 5.86. The van der Waals surface area contributed by atoms with Crippen LogP contribution < -0.4 is 10.1 Å². The molecule has 0 heterocycles. The summed E-state index contributed by atoms with van der Waals surface area (Å²) in [7, 11) is 0. The predicted octanol–water partition coefficient (Wildman–Crippen LogP) is 4.01. The Balaban J connectivity index is 2.14. The van der Waals surface area contributed by atoms with Crippen molar-refractivity contribution >= 4 is 0 Å². The Morgan fingerprint density at radius 1 is 1.11 bits per heavy atom. The molecule has 0 aromatic heterocycles. The van der Waals surface area contributed by atoms with Crippen LogP contribution in [-0.4, -0.2) is 18.7 Å². The van der Waals surface area contributed by atoms with E-state index >= 15 is 0 Å². The van der Waals surface area contributed by atoms with Gasteiger partial charge in [0.15, 0.2) is 0 Å². The Bertz CT molecular complexity index is 299. The molecule has 2 nitrogen and oxygen atoms in total. The van der Waals surface area contributed by atoms with Gasteiger partial charge < -0.3 is 10.1 Å². The van der Waals surface area contributed by atoms with Crippen LogP contribution in [0.5, 0.6) is 5.75 Å². The molecule has 0 bridgehead atoms. The number of hydrogen-bond acceptors (Lipinski definition) is 2. The lowest BCUT2D eigenvalue weighted by atomic mass is 10.1. The van der Waals surface area contributed by atoms with E-state index < -0.39 is 0 Å². The molecule has 18 heavy (non-hydrogen) atoms. The van der Waals surface area contributed by atoms with E-state index in [4.69, 9.17) is 4.74 Å². The van der Waals surface area contributed by atoms with Crippen LogP contribution in [0.2, 0.25) is 0 Å². The highest BCUT2D eigenvalue weighted by atomic mass is 16.5. The highest BCUT2D eigenvalue weighted by Gasteiger charge is 2.07. The first-order valence-corrected chi connectivity index (χ1v) is 7.17. The number of ether oxygens (including phenoxy) is 1. The van der Waals surface area contributed by atoms with Crippen LogP contribution >= 0.6 is 0 Å². The standard InChI is InChI=1S/C16H27NO/c1-4-5-13-17-14(2)11-12-15(3)18-16-9-7-6-8-10-16/h6-10,14-15,17H,4-5,11-13H2,1-3H3/t14-,15-/m0/s1. The minimum absolute atomic E-state index is 0.280. The largest absolute Gasteiger partial charge is 0.491 e. The second kappa shape index (κ2) is 8.98. The molecular weight excluding hydrogens is 222 g/mol. The quantitative estimate of drug-likeness (QED) is 0.668. The molecule has 0 unspecified atom stereocenters. The SMILES string of the molecule is CCCCN[C@@H](C)CC[C@H](C)Oc1ccccc1. The molecule has 1 rings (SSSR count). The smallest absolute Gasteiger partial charge is 0.119 e. The molecule has 0 fully saturated rings. The highest BCUT2D eigenvalue weighted by molar-refractivity contribution is 5.21. The monoisotopic (exact) mass is 249 g/mol. The van der Waals surface area contributed by atoms with Gasteiger partial charge in [0.2, 0.25) is 0 Å². The van der Waals surface area contributed by atoms with Crippen LogP contribution in [0.15, 0.2) is 30.3 Å². The average molecular weight is 249 g/mol. The van der Waals surface area contributed by atoms with Gasteiger partial charge in [-0.1, -0.05) is 31.5 Å². The average Bonchev–Trinajstić information content (AvgIpc) is 2.38. The van der Waals surface area contributed by atoms with E-state index in [-0.39, 0.29) is 6.10 Å². The van der Waals surface area contributed by atoms with Crippen LogP contribution in [0.25, 0.3) is 0 Å². The summed E-state index contributed by atoms with van der Waals surface area (Å²) in [6, 6.07) is 10.6. The van der Waals surface area contributed by atoms with Crippen molar-refractivity contribution in [3.63, 3.8) is 0 Å². The number of nitrogens with one attached hydrogen (secondary N) is 1. The Morgan fingerprint density at radius 3 is 2.50 bits per heavy atom. The number of para-hydroxylation sites is 1. The summed E-state index contributed by atoms with van der Waals surface area (Å²) in [4.78, 5) is 0. The maximum absolute atomic E-state index is 5.86. The number of rotatable bonds is 9. The summed E-state index contributed by atoms with van der Waals surface area (Å²) >= 11 is 0. The van der Waals surface area contributed by atoms with Gasteiger partial charge in [-0.3, -0.25) is 0 Å². The van der Waals surface area contributed by atoms with Crippen molar-refractivity contribution in [2.24, 2.45) is 0 Å². The number of benzene rings is 1. The Kier molecular flexibility index (Phi) is 7.51. The van der Waals surface area contributed by atoms with Gasteiger partial charge in [-0.2, -0.15) is 0 Å². The molecule has 1 aromatic rings. The summed E-state index contributed by atoms with van der Waals surface area (Å²) in [6.45, 7) is 7.75. The zero-order chi connectivity index (χ0) is 13.2. The maximum atomic E-state index is 5.86. The maximum Gasteiger partial charge on any atom is 0.119 e. The second-order valence-electron chi connectivity index (χ2n) is 5.03. The minimum Gasteiger partial charge on any atom is -0.491 e. The molecule has 0 saturated carbocycles. The van der Waals surface area contributed by atoms with Crippen molar-refractivity contribution in [1.82, 2.24) is 5.32 Å². The molecule has 0 spiro atoms. The van der Waals surface area contributed by atoms with E-state index in [1.807, 2.05) is 30.3 Å². The van der Waals surface area contributed by atoms with Gasteiger partial charge >= 0.3 is 0 Å². The molecule has 0 aliphatic rings. The highest BCUT2D eigenvalue weighted by Crippen LogP contribution is 2.13. The normalized spacial score (nSPS) is 14.2. The Morgan fingerprint density at radius 2 is 1.83 bits per heavy atom. The third kappa shape index (κ3) is 6.65. The van der Waals surface area contributed by atoms with Gasteiger partial charge in [-0.05, 0) is 51.8 Å². The molecular formula is C16H27NO. The molecule has 2 heteroatoms. The Hall–Kier alpha value is -1.02. The lowest BCUT2D eigenvalue weighted by Crippen LogP contribution is -2.28. The van der Waals surface area contributed by atoms with Crippen LogP contribution in [0.4, 0.5) is 0 Å².